The summed E-state index contributed by atoms with van der Waals surface area (Å²) < 4.78 is 0.990. The van der Waals surface area contributed by atoms with Crippen molar-refractivity contribution >= 4 is 21.8 Å². The van der Waals surface area contributed by atoms with E-state index in [2.05, 4.69) is 35.1 Å². The maximum Gasteiger partial charge on any atom is 0.242 e. The average Bonchev–Trinajstić information content (AvgIpc) is 2.36. The van der Waals surface area contributed by atoms with Crippen LogP contribution in [-0.2, 0) is 10.3 Å². The van der Waals surface area contributed by atoms with Gasteiger partial charge in [0.1, 0.15) is 5.54 Å². The third-order valence-electron chi connectivity index (χ3n) is 3.39. The number of halogens is 1. The maximum absolute atomic E-state index is 11.9. The van der Waals surface area contributed by atoms with Crippen LogP contribution in [-0.4, -0.2) is 11.9 Å². The number of hydrogen-bond donors (Lipinski definition) is 2. The van der Waals surface area contributed by atoms with E-state index in [-0.39, 0.29) is 11.9 Å². The van der Waals surface area contributed by atoms with Crippen molar-refractivity contribution in [3.05, 3.63) is 34.3 Å². The normalized spacial score (nSPS) is 16.0. The van der Waals surface area contributed by atoms with Crippen LogP contribution in [0.2, 0.25) is 0 Å². The zero-order chi connectivity index (χ0) is 13.8. The molecule has 2 atom stereocenters. The van der Waals surface area contributed by atoms with Gasteiger partial charge in [0, 0.05) is 10.5 Å². The second-order valence-electron chi connectivity index (χ2n) is 4.58. The van der Waals surface area contributed by atoms with Crippen molar-refractivity contribution in [3.63, 3.8) is 0 Å². The Morgan fingerprint density at radius 3 is 2.33 bits per heavy atom. The summed E-state index contributed by atoms with van der Waals surface area (Å²) in [6, 6.07) is 7.98. The Morgan fingerprint density at radius 2 is 1.94 bits per heavy atom. The monoisotopic (exact) mass is 312 g/mol. The molecule has 1 amide bonds. The lowest BCUT2D eigenvalue weighted by Crippen LogP contribution is -2.55. The molecule has 3 nitrogen and oxygen atoms in total. The second kappa shape index (κ2) is 6.34. The number of hydrogen-bond acceptors (Lipinski definition) is 2. The van der Waals surface area contributed by atoms with Crippen molar-refractivity contribution < 1.29 is 4.79 Å². The Bertz CT molecular complexity index is 405. The fourth-order valence-electron chi connectivity index (χ4n) is 2.03. The zero-order valence-electron chi connectivity index (χ0n) is 11.2. The van der Waals surface area contributed by atoms with Gasteiger partial charge in [-0.2, -0.15) is 0 Å². The van der Waals surface area contributed by atoms with Gasteiger partial charge in [0.2, 0.25) is 5.91 Å². The second-order valence-corrected chi connectivity index (χ2v) is 5.50. The molecule has 1 aromatic rings. The molecule has 0 aliphatic carbocycles. The first kappa shape index (κ1) is 15.2. The van der Waals surface area contributed by atoms with Crippen LogP contribution in [0.1, 0.15) is 39.2 Å². The predicted octanol–water partition coefficient (Wildman–Crippen LogP) is 2.93. The summed E-state index contributed by atoms with van der Waals surface area (Å²) in [6.07, 6.45) is 1.58. The predicted molar refractivity (Wildman–Crippen MR) is 78.2 cm³/mol. The van der Waals surface area contributed by atoms with E-state index >= 15 is 0 Å². The van der Waals surface area contributed by atoms with Gasteiger partial charge in [-0.15, -0.1) is 0 Å². The molecule has 0 heterocycles. The number of primary amides is 1. The van der Waals surface area contributed by atoms with Crippen LogP contribution in [0.4, 0.5) is 0 Å². The lowest BCUT2D eigenvalue weighted by atomic mass is 9.85. The number of benzene rings is 1. The van der Waals surface area contributed by atoms with E-state index in [0.29, 0.717) is 6.42 Å². The first-order chi connectivity index (χ1) is 8.46. The Kier molecular flexibility index (Phi) is 5.35. The molecule has 4 heteroatoms. The van der Waals surface area contributed by atoms with E-state index in [1.165, 1.54) is 0 Å². The first-order valence-corrected chi connectivity index (χ1v) is 7.09. The SMILES string of the molecule is CCC(C)NC(CC)(C(N)=O)c1ccc(Br)cc1. The van der Waals surface area contributed by atoms with Gasteiger partial charge in [-0.1, -0.05) is 41.9 Å². The van der Waals surface area contributed by atoms with E-state index in [0.717, 1.165) is 16.5 Å². The van der Waals surface area contributed by atoms with Gasteiger partial charge in [0.05, 0.1) is 0 Å². The number of nitrogens with two attached hydrogens (primary N) is 1. The highest BCUT2D eigenvalue weighted by Gasteiger charge is 2.37. The minimum absolute atomic E-state index is 0.237. The molecular formula is C14H21BrN2O. The smallest absolute Gasteiger partial charge is 0.242 e. The number of carbonyl (C=O) groups excluding carboxylic acids is 1. The molecular weight excluding hydrogens is 292 g/mol. The summed E-state index contributed by atoms with van der Waals surface area (Å²) in [7, 11) is 0. The summed E-state index contributed by atoms with van der Waals surface area (Å²) in [5.74, 6) is -0.326. The highest BCUT2D eigenvalue weighted by molar-refractivity contribution is 9.10. The minimum atomic E-state index is -0.782. The van der Waals surface area contributed by atoms with Crippen LogP contribution in [0, 0.1) is 0 Å². The highest BCUT2D eigenvalue weighted by atomic mass is 79.9. The Labute approximate surface area is 117 Å². The van der Waals surface area contributed by atoms with Gasteiger partial charge in [-0.3, -0.25) is 10.1 Å². The number of carbonyl (C=O) groups is 1. The minimum Gasteiger partial charge on any atom is -0.368 e. The molecule has 2 unspecified atom stereocenters. The Balaban J connectivity index is 3.18. The standard InChI is InChI=1S/C14H21BrN2O/c1-4-10(3)17-14(5-2,13(16)18)11-6-8-12(15)9-7-11/h6-10,17H,4-5H2,1-3H3,(H2,16,18). The molecule has 0 bridgehead atoms. The quantitative estimate of drug-likeness (QED) is 0.848. The van der Waals surface area contributed by atoms with Crippen molar-refractivity contribution in [1.82, 2.24) is 5.32 Å². The van der Waals surface area contributed by atoms with Crippen molar-refractivity contribution in [2.24, 2.45) is 5.73 Å². The maximum atomic E-state index is 11.9. The van der Waals surface area contributed by atoms with Gasteiger partial charge in [0.25, 0.3) is 0 Å². The van der Waals surface area contributed by atoms with E-state index in [9.17, 15) is 4.79 Å². The number of nitrogens with one attached hydrogen (secondary N) is 1. The van der Waals surface area contributed by atoms with Gasteiger partial charge in [-0.05, 0) is 37.5 Å². The molecule has 1 rings (SSSR count). The van der Waals surface area contributed by atoms with Crippen molar-refractivity contribution in [1.29, 1.82) is 0 Å². The van der Waals surface area contributed by atoms with Crippen molar-refractivity contribution in [2.75, 3.05) is 0 Å². The Morgan fingerprint density at radius 1 is 1.39 bits per heavy atom. The molecule has 18 heavy (non-hydrogen) atoms. The largest absolute Gasteiger partial charge is 0.368 e. The molecule has 0 fully saturated rings. The van der Waals surface area contributed by atoms with Gasteiger partial charge >= 0.3 is 0 Å². The zero-order valence-corrected chi connectivity index (χ0v) is 12.8. The molecule has 100 valence electrons. The van der Waals surface area contributed by atoms with Gasteiger partial charge in [-0.25, -0.2) is 0 Å². The van der Waals surface area contributed by atoms with Crippen LogP contribution in [0.25, 0.3) is 0 Å². The summed E-state index contributed by atoms with van der Waals surface area (Å²) in [5.41, 5.74) is 5.78. The lowest BCUT2D eigenvalue weighted by Gasteiger charge is -2.34. The molecule has 3 N–H and O–H groups in total. The molecule has 1 aromatic carbocycles. The highest BCUT2D eigenvalue weighted by Crippen LogP contribution is 2.27. The van der Waals surface area contributed by atoms with Crippen molar-refractivity contribution in [3.8, 4) is 0 Å². The number of amides is 1. The summed E-state index contributed by atoms with van der Waals surface area (Å²) in [5, 5.41) is 3.38. The topological polar surface area (TPSA) is 55.1 Å². The van der Waals surface area contributed by atoms with Gasteiger partial charge in [0.15, 0.2) is 0 Å². The average molecular weight is 313 g/mol. The molecule has 0 aliphatic rings. The third kappa shape index (κ3) is 3.12. The summed E-state index contributed by atoms with van der Waals surface area (Å²) in [4.78, 5) is 11.9. The molecule has 0 saturated heterocycles. The fourth-order valence-corrected chi connectivity index (χ4v) is 2.30. The van der Waals surface area contributed by atoms with Crippen LogP contribution in [0.15, 0.2) is 28.7 Å². The van der Waals surface area contributed by atoms with Crippen LogP contribution in [0.5, 0.6) is 0 Å². The third-order valence-corrected chi connectivity index (χ3v) is 3.92. The Hall–Kier alpha value is -0.870. The summed E-state index contributed by atoms with van der Waals surface area (Å²) in [6.45, 7) is 6.12. The van der Waals surface area contributed by atoms with Crippen molar-refractivity contribution in [2.45, 2.75) is 45.2 Å². The molecule has 0 spiro atoms. The van der Waals surface area contributed by atoms with Crippen LogP contribution >= 0.6 is 15.9 Å². The van der Waals surface area contributed by atoms with Crippen LogP contribution in [0.3, 0.4) is 0 Å². The molecule has 0 radical (unpaired) electrons. The van der Waals surface area contributed by atoms with E-state index < -0.39 is 5.54 Å². The first-order valence-electron chi connectivity index (χ1n) is 6.30. The number of rotatable bonds is 6. The van der Waals surface area contributed by atoms with Crippen LogP contribution < -0.4 is 11.1 Å². The van der Waals surface area contributed by atoms with E-state index in [1.807, 2.05) is 31.2 Å². The molecule has 0 saturated carbocycles. The van der Waals surface area contributed by atoms with E-state index in [4.69, 9.17) is 5.73 Å². The van der Waals surface area contributed by atoms with Gasteiger partial charge < -0.3 is 5.73 Å². The summed E-state index contributed by atoms with van der Waals surface area (Å²) >= 11 is 3.40. The van der Waals surface area contributed by atoms with E-state index in [1.54, 1.807) is 0 Å². The lowest BCUT2D eigenvalue weighted by molar-refractivity contribution is -0.125. The molecule has 0 aliphatic heterocycles. The molecule has 0 aromatic heterocycles. The fraction of sp³-hybridized carbons (Fsp3) is 0.500.